The van der Waals surface area contributed by atoms with Crippen molar-refractivity contribution in [2.75, 3.05) is 5.32 Å². The summed E-state index contributed by atoms with van der Waals surface area (Å²) in [4.78, 5) is 12.2. The third kappa shape index (κ3) is 3.22. The topological polar surface area (TPSA) is 29.1 Å². The van der Waals surface area contributed by atoms with Gasteiger partial charge in [0.2, 0.25) is 0 Å². The van der Waals surface area contributed by atoms with Gasteiger partial charge in [-0.2, -0.15) is 0 Å². The smallest absolute Gasteiger partial charge is 0.255 e. The van der Waals surface area contributed by atoms with Crippen molar-refractivity contribution in [2.45, 2.75) is 26.2 Å². The first-order chi connectivity index (χ1) is 9.22. The van der Waals surface area contributed by atoms with Crippen LogP contribution in [0.25, 0.3) is 0 Å². The van der Waals surface area contributed by atoms with Crippen LogP contribution >= 0.6 is 0 Å². The van der Waals surface area contributed by atoms with E-state index in [4.69, 9.17) is 0 Å². The predicted molar refractivity (Wildman–Crippen MR) is 79.5 cm³/mol. The van der Waals surface area contributed by atoms with Crippen LogP contribution in [0.4, 0.5) is 5.69 Å². The fourth-order valence-corrected chi connectivity index (χ4v) is 2.04. The standard InChI is InChI=1S/C17H19NO/c1-3-13(2)15-11-7-8-12-16(15)18-17(19)14-9-5-4-6-10-14/h4-13H,3H2,1-2H3,(H,18,19). The van der Waals surface area contributed by atoms with Crippen LogP contribution in [-0.4, -0.2) is 5.91 Å². The van der Waals surface area contributed by atoms with Crippen LogP contribution in [0.3, 0.4) is 0 Å². The van der Waals surface area contributed by atoms with Gasteiger partial charge in [-0.05, 0) is 36.1 Å². The Bertz CT molecular complexity index is 548. The molecular weight excluding hydrogens is 234 g/mol. The average molecular weight is 253 g/mol. The minimum atomic E-state index is -0.0589. The second-order valence-corrected chi connectivity index (χ2v) is 4.72. The zero-order valence-electron chi connectivity index (χ0n) is 11.4. The Balaban J connectivity index is 2.22. The van der Waals surface area contributed by atoms with Gasteiger partial charge in [-0.15, -0.1) is 0 Å². The maximum absolute atomic E-state index is 12.2. The zero-order valence-corrected chi connectivity index (χ0v) is 11.4. The molecule has 0 heterocycles. The van der Waals surface area contributed by atoms with Gasteiger partial charge >= 0.3 is 0 Å². The van der Waals surface area contributed by atoms with Crippen molar-refractivity contribution in [3.05, 3.63) is 65.7 Å². The lowest BCUT2D eigenvalue weighted by Gasteiger charge is -2.15. The molecule has 0 saturated heterocycles. The summed E-state index contributed by atoms with van der Waals surface area (Å²) in [6.07, 6.45) is 1.05. The summed E-state index contributed by atoms with van der Waals surface area (Å²) in [7, 11) is 0. The van der Waals surface area contributed by atoms with Gasteiger partial charge in [0.05, 0.1) is 0 Å². The molecule has 0 aliphatic rings. The highest BCUT2D eigenvalue weighted by molar-refractivity contribution is 6.04. The Hall–Kier alpha value is -2.09. The van der Waals surface area contributed by atoms with Gasteiger partial charge < -0.3 is 5.32 Å². The first-order valence-corrected chi connectivity index (χ1v) is 6.67. The Morgan fingerprint density at radius 2 is 1.68 bits per heavy atom. The van der Waals surface area contributed by atoms with Crippen LogP contribution in [0, 0.1) is 0 Å². The van der Waals surface area contributed by atoms with Crippen molar-refractivity contribution >= 4 is 11.6 Å². The highest BCUT2D eigenvalue weighted by Crippen LogP contribution is 2.26. The molecule has 1 unspecified atom stereocenters. The van der Waals surface area contributed by atoms with Crippen LogP contribution in [-0.2, 0) is 0 Å². The molecule has 0 radical (unpaired) electrons. The molecule has 2 rings (SSSR count). The molecule has 1 N–H and O–H groups in total. The molecule has 0 aliphatic carbocycles. The van der Waals surface area contributed by atoms with Gasteiger partial charge in [-0.25, -0.2) is 0 Å². The van der Waals surface area contributed by atoms with E-state index in [2.05, 4.69) is 25.2 Å². The van der Waals surface area contributed by atoms with E-state index < -0.39 is 0 Å². The minimum absolute atomic E-state index is 0.0589. The van der Waals surface area contributed by atoms with E-state index in [0.29, 0.717) is 11.5 Å². The molecule has 2 aromatic carbocycles. The van der Waals surface area contributed by atoms with E-state index in [1.807, 2.05) is 48.5 Å². The lowest BCUT2D eigenvalue weighted by atomic mass is 9.97. The molecule has 2 aromatic rings. The predicted octanol–water partition coefficient (Wildman–Crippen LogP) is 4.45. The van der Waals surface area contributed by atoms with Crippen LogP contribution in [0.5, 0.6) is 0 Å². The second-order valence-electron chi connectivity index (χ2n) is 4.72. The van der Waals surface area contributed by atoms with Gasteiger partial charge in [0.1, 0.15) is 0 Å². The number of rotatable bonds is 4. The number of para-hydroxylation sites is 1. The van der Waals surface area contributed by atoms with Crippen molar-refractivity contribution < 1.29 is 4.79 Å². The fraction of sp³-hybridized carbons (Fsp3) is 0.235. The highest BCUT2D eigenvalue weighted by atomic mass is 16.1. The molecule has 1 amide bonds. The third-order valence-electron chi connectivity index (χ3n) is 3.39. The zero-order chi connectivity index (χ0) is 13.7. The Morgan fingerprint density at radius 1 is 1.05 bits per heavy atom. The largest absolute Gasteiger partial charge is 0.322 e. The first-order valence-electron chi connectivity index (χ1n) is 6.67. The summed E-state index contributed by atoms with van der Waals surface area (Å²) >= 11 is 0. The second kappa shape index (κ2) is 6.19. The monoisotopic (exact) mass is 253 g/mol. The third-order valence-corrected chi connectivity index (χ3v) is 3.39. The first kappa shape index (κ1) is 13.3. The van der Waals surface area contributed by atoms with Gasteiger partial charge in [-0.3, -0.25) is 4.79 Å². The number of hydrogen-bond donors (Lipinski definition) is 1. The summed E-state index contributed by atoms with van der Waals surface area (Å²) in [5.74, 6) is 0.378. The quantitative estimate of drug-likeness (QED) is 0.856. The van der Waals surface area contributed by atoms with Crippen LogP contribution in [0.15, 0.2) is 54.6 Å². The lowest BCUT2D eigenvalue weighted by molar-refractivity contribution is 0.102. The van der Waals surface area contributed by atoms with Crippen molar-refractivity contribution in [2.24, 2.45) is 0 Å². The maximum atomic E-state index is 12.2. The van der Waals surface area contributed by atoms with E-state index in [1.165, 1.54) is 5.56 Å². The van der Waals surface area contributed by atoms with E-state index in [-0.39, 0.29) is 5.91 Å². The molecule has 0 fully saturated rings. The number of carbonyl (C=O) groups is 1. The van der Waals surface area contributed by atoms with E-state index in [9.17, 15) is 4.79 Å². The molecule has 98 valence electrons. The molecule has 0 saturated carbocycles. The van der Waals surface area contributed by atoms with Crippen molar-refractivity contribution in [3.63, 3.8) is 0 Å². The van der Waals surface area contributed by atoms with Crippen molar-refractivity contribution in [1.29, 1.82) is 0 Å². The number of anilines is 1. The van der Waals surface area contributed by atoms with Crippen molar-refractivity contribution in [1.82, 2.24) is 0 Å². The van der Waals surface area contributed by atoms with Crippen LogP contribution in [0.1, 0.15) is 42.1 Å². The highest BCUT2D eigenvalue weighted by Gasteiger charge is 2.11. The minimum Gasteiger partial charge on any atom is -0.322 e. The van der Waals surface area contributed by atoms with Crippen LogP contribution in [0.2, 0.25) is 0 Å². The molecule has 0 bridgehead atoms. The van der Waals surface area contributed by atoms with Crippen LogP contribution < -0.4 is 5.32 Å². The SMILES string of the molecule is CCC(C)c1ccccc1NC(=O)c1ccccc1. The molecular formula is C17H19NO. The number of nitrogens with one attached hydrogen (secondary N) is 1. The van der Waals surface area contributed by atoms with E-state index in [1.54, 1.807) is 0 Å². The number of amides is 1. The van der Waals surface area contributed by atoms with E-state index >= 15 is 0 Å². The summed E-state index contributed by atoms with van der Waals surface area (Å²) in [6, 6.07) is 17.3. The number of benzene rings is 2. The normalized spacial score (nSPS) is 11.9. The average Bonchev–Trinajstić information content (AvgIpc) is 2.48. The number of carbonyl (C=O) groups excluding carboxylic acids is 1. The van der Waals surface area contributed by atoms with Gasteiger partial charge in [-0.1, -0.05) is 50.2 Å². The summed E-state index contributed by atoms with van der Waals surface area (Å²) in [5.41, 5.74) is 2.78. The maximum Gasteiger partial charge on any atom is 0.255 e. The molecule has 0 spiro atoms. The molecule has 0 aromatic heterocycles. The van der Waals surface area contributed by atoms with Gasteiger partial charge in [0, 0.05) is 11.3 Å². The summed E-state index contributed by atoms with van der Waals surface area (Å²) in [6.45, 7) is 4.33. The van der Waals surface area contributed by atoms with Gasteiger partial charge in [0.25, 0.3) is 5.91 Å². The number of hydrogen-bond acceptors (Lipinski definition) is 1. The molecule has 0 aliphatic heterocycles. The molecule has 19 heavy (non-hydrogen) atoms. The fourth-order valence-electron chi connectivity index (χ4n) is 2.04. The lowest BCUT2D eigenvalue weighted by Crippen LogP contribution is -2.13. The Morgan fingerprint density at radius 3 is 2.37 bits per heavy atom. The summed E-state index contributed by atoms with van der Waals surface area (Å²) in [5, 5.41) is 3.00. The summed E-state index contributed by atoms with van der Waals surface area (Å²) < 4.78 is 0. The van der Waals surface area contributed by atoms with Crippen molar-refractivity contribution in [3.8, 4) is 0 Å². The molecule has 2 nitrogen and oxygen atoms in total. The Kier molecular flexibility index (Phi) is 4.35. The molecule has 1 atom stereocenters. The Labute approximate surface area is 114 Å². The van der Waals surface area contributed by atoms with Gasteiger partial charge in [0.15, 0.2) is 0 Å². The molecule has 2 heteroatoms. The van der Waals surface area contributed by atoms with E-state index in [0.717, 1.165) is 12.1 Å².